The minimum Gasteiger partial charge on any atom is -0.480 e. The molecule has 0 bridgehead atoms. The van der Waals surface area contributed by atoms with Gasteiger partial charge in [-0.25, -0.2) is 9.59 Å². The standard InChI is InChI=1S/C13H22N2O3/c1-5-8-15(9-6-2)13(18)14-11(12(16)17)10(4)7-3/h5-6,10-11H,1-2,7-9H2,3-4H3,(H,14,18)(H,16,17). The molecule has 2 amide bonds. The number of hydrogen-bond donors (Lipinski definition) is 2. The van der Waals surface area contributed by atoms with Crippen LogP contribution < -0.4 is 5.32 Å². The molecule has 2 N–H and O–H groups in total. The lowest BCUT2D eigenvalue weighted by Crippen LogP contribution is -2.50. The summed E-state index contributed by atoms with van der Waals surface area (Å²) < 4.78 is 0. The number of carbonyl (C=O) groups is 2. The SMILES string of the molecule is C=CCN(CC=C)C(=O)NC(C(=O)O)C(C)CC. The minimum atomic E-state index is -1.02. The topological polar surface area (TPSA) is 69.6 Å². The summed E-state index contributed by atoms with van der Waals surface area (Å²) >= 11 is 0. The van der Waals surface area contributed by atoms with Crippen LogP contribution in [0.4, 0.5) is 4.79 Å². The molecule has 5 nitrogen and oxygen atoms in total. The lowest BCUT2D eigenvalue weighted by atomic mass is 9.99. The number of rotatable bonds is 8. The Bertz CT molecular complexity index is 305. The molecule has 5 heteroatoms. The number of hydrogen-bond acceptors (Lipinski definition) is 2. The zero-order valence-electron chi connectivity index (χ0n) is 11.1. The van der Waals surface area contributed by atoms with Gasteiger partial charge in [0.1, 0.15) is 6.04 Å². The second-order valence-electron chi connectivity index (χ2n) is 4.13. The predicted molar refractivity (Wildman–Crippen MR) is 71.4 cm³/mol. The van der Waals surface area contributed by atoms with Crippen LogP contribution in [0.25, 0.3) is 0 Å². The summed E-state index contributed by atoms with van der Waals surface area (Å²) in [4.78, 5) is 24.5. The summed E-state index contributed by atoms with van der Waals surface area (Å²) in [6.07, 6.45) is 3.85. The molecule has 0 radical (unpaired) electrons. The van der Waals surface area contributed by atoms with E-state index >= 15 is 0 Å². The van der Waals surface area contributed by atoms with Crippen molar-refractivity contribution in [3.05, 3.63) is 25.3 Å². The molecule has 0 aliphatic heterocycles. The number of urea groups is 1. The smallest absolute Gasteiger partial charge is 0.326 e. The van der Waals surface area contributed by atoms with E-state index in [1.807, 2.05) is 6.92 Å². The molecular formula is C13H22N2O3. The zero-order valence-corrected chi connectivity index (χ0v) is 11.1. The Morgan fingerprint density at radius 1 is 1.33 bits per heavy atom. The van der Waals surface area contributed by atoms with E-state index in [2.05, 4.69) is 18.5 Å². The van der Waals surface area contributed by atoms with Gasteiger partial charge in [0.15, 0.2) is 0 Å². The van der Waals surface area contributed by atoms with E-state index in [4.69, 9.17) is 5.11 Å². The van der Waals surface area contributed by atoms with Crippen LogP contribution in [0.1, 0.15) is 20.3 Å². The molecule has 0 fully saturated rings. The van der Waals surface area contributed by atoms with E-state index in [0.717, 1.165) is 0 Å². The van der Waals surface area contributed by atoms with Crippen molar-refractivity contribution in [3.8, 4) is 0 Å². The third-order valence-corrected chi connectivity index (χ3v) is 2.74. The highest BCUT2D eigenvalue weighted by atomic mass is 16.4. The van der Waals surface area contributed by atoms with E-state index in [1.165, 1.54) is 4.90 Å². The van der Waals surface area contributed by atoms with Crippen molar-refractivity contribution in [1.82, 2.24) is 10.2 Å². The number of carboxylic acids is 1. The highest BCUT2D eigenvalue weighted by Gasteiger charge is 2.26. The number of amides is 2. The summed E-state index contributed by atoms with van der Waals surface area (Å²) in [6.45, 7) is 11.5. The van der Waals surface area contributed by atoms with Gasteiger partial charge >= 0.3 is 12.0 Å². The summed E-state index contributed by atoms with van der Waals surface area (Å²) in [5, 5.41) is 11.6. The maximum absolute atomic E-state index is 11.9. The Morgan fingerprint density at radius 2 is 1.83 bits per heavy atom. The van der Waals surface area contributed by atoms with Crippen LogP contribution in [0.5, 0.6) is 0 Å². The second kappa shape index (κ2) is 8.33. The number of nitrogens with zero attached hydrogens (tertiary/aromatic N) is 1. The van der Waals surface area contributed by atoms with Crippen LogP contribution in [0.3, 0.4) is 0 Å². The molecule has 2 atom stereocenters. The lowest BCUT2D eigenvalue weighted by Gasteiger charge is -2.25. The first kappa shape index (κ1) is 16.2. The third-order valence-electron chi connectivity index (χ3n) is 2.74. The molecule has 0 saturated carbocycles. The fourth-order valence-electron chi connectivity index (χ4n) is 1.46. The number of aliphatic carboxylic acids is 1. The Balaban J connectivity index is 4.69. The first-order valence-electron chi connectivity index (χ1n) is 5.97. The van der Waals surface area contributed by atoms with Gasteiger partial charge in [-0.3, -0.25) is 0 Å². The second-order valence-corrected chi connectivity index (χ2v) is 4.13. The van der Waals surface area contributed by atoms with E-state index in [9.17, 15) is 9.59 Å². The van der Waals surface area contributed by atoms with Crippen LogP contribution in [0.15, 0.2) is 25.3 Å². The first-order valence-corrected chi connectivity index (χ1v) is 5.97. The van der Waals surface area contributed by atoms with Crippen molar-refractivity contribution < 1.29 is 14.7 Å². The largest absolute Gasteiger partial charge is 0.480 e. The Hall–Kier alpha value is -1.78. The number of carboxylic acid groups (broad SMARTS) is 1. The van der Waals surface area contributed by atoms with Gasteiger partial charge in [0.25, 0.3) is 0 Å². The summed E-state index contributed by atoms with van der Waals surface area (Å²) in [5.41, 5.74) is 0. The first-order chi connectivity index (χ1) is 8.47. The fourth-order valence-corrected chi connectivity index (χ4v) is 1.46. The summed E-state index contributed by atoms with van der Waals surface area (Å²) in [6, 6.07) is -1.29. The van der Waals surface area contributed by atoms with Crippen LogP contribution in [0, 0.1) is 5.92 Å². The van der Waals surface area contributed by atoms with Crippen LogP contribution >= 0.6 is 0 Å². The number of carbonyl (C=O) groups excluding carboxylic acids is 1. The van der Waals surface area contributed by atoms with Gasteiger partial charge in [-0.1, -0.05) is 32.4 Å². The van der Waals surface area contributed by atoms with Gasteiger partial charge in [-0.15, -0.1) is 13.2 Å². The quantitative estimate of drug-likeness (QED) is 0.650. The van der Waals surface area contributed by atoms with Gasteiger partial charge in [-0.2, -0.15) is 0 Å². The Morgan fingerprint density at radius 3 is 2.17 bits per heavy atom. The molecule has 0 aromatic rings. The van der Waals surface area contributed by atoms with Crippen LogP contribution in [0.2, 0.25) is 0 Å². The van der Waals surface area contributed by atoms with Crippen molar-refractivity contribution in [2.45, 2.75) is 26.3 Å². The molecule has 0 aromatic carbocycles. The minimum absolute atomic E-state index is 0.124. The molecule has 0 aliphatic rings. The van der Waals surface area contributed by atoms with E-state index < -0.39 is 18.0 Å². The van der Waals surface area contributed by atoms with Gasteiger partial charge < -0.3 is 15.3 Å². The van der Waals surface area contributed by atoms with Crippen LogP contribution in [-0.2, 0) is 4.79 Å². The Labute approximate surface area is 108 Å². The molecule has 0 spiro atoms. The van der Waals surface area contributed by atoms with Crippen molar-refractivity contribution in [2.24, 2.45) is 5.92 Å². The summed E-state index contributed by atoms with van der Waals surface area (Å²) in [5.74, 6) is -1.14. The predicted octanol–water partition coefficient (Wildman–Crippen LogP) is 1.87. The normalized spacial score (nSPS) is 13.2. The van der Waals surface area contributed by atoms with E-state index in [1.54, 1.807) is 19.1 Å². The van der Waals surface area contributed by atoms with Gasteiger partial charge in [0.05, 0.1) is 0 Å². The lowest BCUT2D eigenvalue weighted by molar-refractivity contribution is -0.140. The van der Waals surface area contributed by atoms with Gasteiger partial charge in [0, 0.05) is 13.1 Å². The van der Waals surface area contributed by atoms with Crippen LogP contribution in [-0.4, -0.2) is 41.1 Å². The monoisotopic (exact) mass is 254 g/mol. The Kier molecular flexibility index (Phi) is 7.51. The molecule has 2 unspecified atom stereocenters. The third kappa shape index (κ3) is 5.03. The van der Waals surface area contributed by atoms with Crippen molar-refractivity contribution >= 4 is 12.0 Å². The molecule has 0 saturated heterocycles. The van der Waals surface area contributed by atoms with Crippen molar-refractivity contribution in [2.75, 3.05) is 13.1 Å². The average Bonchev–Trinajstić information content (AvgIpc) is 2.34. The fraction of sp³-hybridized carbons (Fsp3) is 0.538. The average molecular weight is 254 g/mol. The highest BCUT2D eigenvalue weighted by molar-refractivity contribution is 5.82. The van der Waals surface area contributed by atoms with E-state index in [0.29, 0.717) is 19.5 Å². The highest BCUT2D eigenvalue weighted by Crippen LogP contribution is 2.08. The van der Waals surface area contributed by atoms with E-state index in [-0.39, 0.29) is 5.92 Å². The molecule has 0 rings (SSSR count). The molecule has 0 heterocycles. The van der Waals surface area contributed by atoms with Gasteiger partial charge in [0.2, 0.25) is 0 Å². The maximum Gasteiger partial charge on any atom is 0.326 e. The number of nitrogens with one attached hydrogen (secondary N) is 1. The molecule has 18 heavy (non-hydrogen) atoms. The van der Waals surface area contributed by atoms with Crippen molar-refractivity contribution in [3.63, 3.8) is 0 Å². The van der Waals surface area contributed by atoms with Crippen molar-refractivity contribution in [1.29, 1.82) is 0 Å². The zero-order chi connectivity index (χ0) is 14.1. The summed E-state index contributed by atoms with van der Waals surface area (Å²) in [7, 11) is 0. The molecule has 0 aliphatic carbocycles. The van der Waals surface area contributed by atoms with Gasteiger partial charge in [-0.05, 0) is 5.92 Å². The molecule has 102 valence electrons. The molecular weight excluding hydrogens is 232 g/mol. The molecule has 0 aromatic heterocycles. The maximum atomic E-state index is 11.9.